The Morgan fingerprint density at radius 2 is 2.12 bits per heavy atom. The lowest BCUT2D eigenvalue weighted by atomic mass is 10.0. The number of hydrogen-bond donors (Lipinski definition) is 2. The molecule has 24 heavy (non-hydrogen) atoms. The summed E-state index contributed by atoms with van der Waals surface area (Å²) in [6.07, 6.45) is 1.21. The standard InChI is InChI=1S/C16H16FN3O4/c1-9-7-14(20-24-9)19-16(22)15(21)18-12-3-2-6-23-13-5-4-10(17)8-11(12)13/h4-5,7-8,12H,2-3,6H2,1H3,(H,18,21)(H,19,20,22). The first-order valence-electron chi connectivity index (χ1n) is 7.50. The summed E-state index contributed by atoms with van der Waals surface area (Å²) in [5, 5.41) is 8.55. The number of aryl methyl sites for hydroxylation is 1. The van der Waals surface area contributed by atoms with Gasteiger partial charge < -0.3 is 14.6 Å². The van der Waals surface area contributed by atoms with Crippen molar-refractivity contribution in [3.05, 3.63) is 41.4 Å². The summed E-state index contributed by atoms with van der Waals surface area (Å²) in [6.45, 7) is 2.13. The molecular weight excluding hydrogens is 317 g/mol. The molecule has 126 valence electrons. The first-order chi connectivity index (χ1) is 11.5. The Bertz CT molecular complexity index is 774. The minimum Gasteiger partial charge on any atom is -0.493 e. The molecule has 1 aromatic heterocycles. The Morgan fingerprint density at radius 1 is 1.29 bits per heavy atom. The molecule has 0 saturated heterocycles. The quantitative estimate of drug-likeness (QED) is 0.821. The van der Waals surface area contributed by atoms with Gasteiger partial charge in [-0.05, 0) is 38.0 Å². The summed E-state index contributed by atoms with van der Waals surface area (Å²) in [4.78, 5) is 24.1. The van der Waals surface area contributed by atoms with Crippen LogP contribution in [-0.4, -0.2) is 23.6 Å². The second kappa shape index (κ2) is 6.69. The van der Waals surface area contributed by atoms with Gasteiger partial charge in [-0.15, -0.1) is 0 Å². The van der Waals surface area contributed by atoms with Crippen LogP contribution >= 0.6 is 0 Å². The van der Waals surface area contributed by atoms with Crippen LogP contribution in [0.1, 0.15) is 30.2 Å². The lowest BCUT2D eigenvalue weighted by Gasteiger charge is -2.18. The Morgan fingerprint density at radius 3 is 2.88 bits per heavy atom. The first-order valence-corrected chi connectivity index (χ1v) is 7.50. The molecule has 2 amide bonds. The number of carbonyl (C=O) groups is 2. The van der Waals surface area contributed by atoms with Crippen LogP contribution in [0.4, 0.5) is 10.2 Å². The van der Waals surface area contributed by atoms with Gasteiger partial charge >= 0.3 is 11.8 Å². The Hall–Kier alpha value is -2.90. The molecule has 2 N–H and O–H groups in total. The van der Waals surface area contributed by atoms with Crippen molar-refractivity contribution in [3.63, 3.8) is 0 Å². The number of nitrogens with one attached hydrogen (secondary N) is 2. The monoisotopic (exact) mass is 333 g/mol. The summed E-state index contributed by atoms with van der Waals surface area (Å²) >= 11 is 0. The molecule has 0 aliphatic carbocycles. The summed E-state index contributed by atoms with van der Waals surface area (Å²) < 4.78 is 23.9. The van der Waals surface area contributed by atoms with Gasteiger partial charge in [0.2, 0.25) is 0 Å². The normalized spacial score (nSPS) is 16.5. The van der Waals surface area contributed by atoms with Gasteiger partial charge in [-0.25, -0.2) is 4.39 Å². The molecule has 3 rings (SSSR count). The molecule has 1 aromatic carbocycles. The topological polar surface area (TPSA) is 93.5 Å². The second-order valence-electron chi connectivity index (χ2n) is 5.48. The Kier molecular flexibility index (Phi) is 4.45. The maximum absolute atomic E-state index is 13.5. The molecule has 1 aliphatic heterocycles. The van der Waals surface area contributed by atoms with Gasteiger partial charge in [0.25, 0.3) is 0 Å². The molecule has 2 aromatic rings. The summed E-state index contributed by atoms with van der Waals surface area (Å²) in [7, 11) is 0. The summed E-state index contributed by atoms with van der Waals surface area (Å²) in [5.41, 5.74) is 0.519. The third-order valence-corrected chi connectivity index (χ3v) is 3.62. The zero-order valence-corrected chi connectivity index (χ0v) is 13.0. The molecule has 0 radical (unpaired) electrons. The molecule has 0 saturated carbocycles. The number of fused-ring (bicyclic) bond motifs is 1. The van der Waals surface area contributed by atoms with Gasteiger partial charge in [-0.3, -0.25) is 14.9 Å². The van der Waals surface area contributed by atoms with Crippen molar-refractivity contribution in [2.75, 3.05) is 11.9 Å². The maximum atomic E-state index is 13.5. The molecule has 1 aliphatic rings. The van der Waals surface area contributed by atoms with Crippen LogP contribution in [0.5, 0.6) is 5.75 Å². The minimum atomic E-state index is -0.869. The number of benzene rings is 1. The number of halogens is 1. The predicted molar refractivity (Wildman–Crippen MR) is 81.9 cm³/mol. The molecule has 1 atom stereocenters. The van der Waals surface area contributed by atoms with Gasteiger partial charge in [0, 0.05) is 11.6 Å². The fraction of sp³-hybridized carbons (Fsp3) is 0.312. The Labute approximate surface area is 137 Å². The molecule has 2 heterocycles. The van der Waals surface area contributed by atoms with Crippen LogP contribution in [0.2, 0.25) is 0 Å². The highest BCUT2D eigenvalue weighted by Crippen LogP contribution is 2.32. The van der Waals surface area contributed by atoms with Crippen molar-refractivity contribution in [2.24, 2.45) is 0 Å². The van der Waals surface area contributed by atoms with E-state index in [1.165, 1.54) is 24.3 Å². The zero-order chi connectivity index (χ0) is 17.1. The highest BCUT2D eigenvalue weighted by atomic mass is 19.1. The minimum absolute atomic E-state index is 0.156. The fourth-order valence-corrected chi connectivity index (χ4v) is 2.52. The van der Waals surface area contributed by atoms with Crippen molar-refractivity contribution in [1.29, 1.82) is 0 Å². The van der Waals surface area contributed by atoms with E-state index in [9.17, 15) is 14.0 Å². The first kappa shape index (κ1) is 16.0. The van der Waals surface area contributed by atoms with E-state index in [1.54, 1.807) is 6.92 Å². The molecule has 0 fully saturated rings. The number of aromatic nitrogens is 1. The lowest BCUT2D eigenvalue weighted by molar-refractivity contribution is -0.136. The third kappa shape index (κ3) is 3.53. The summed E-state index contributed by atoms with van der Waals surface area (Å²) in [6, 6.07) is 5.12. The number of nitrogens with zero attached hydrogens (tertiary/aromatic N) is 1. The van der Waals surface area contributed by atoms with E-state index >= 15 is 0 Å². The number of carbonyl (C=O) groups excluding carboxylic acids is 2. The van der Waals surface area contributed by atoms with E-state index in [2.05, 4.69) is 15.8 Å². The SMILES string of the molecule is Cc1cc(NC(=O)C(=O)NC2CCCOc3ccc(F)cc32)no1. The van der Waals surface area contributed by atoms with E-state index < -0.39 is 23.7 Å². The number of amides is 2. The molecule has 1 unspecified atom stereocenters. The highest BCUT2D eigenvalue weighted by molar-refractivity contribution is 6.39. The van der Waals surface area contributed by atoms with Crippen LogP contribution < -0.4 is 15.4 Å². The Balaban J connectivity index is 1.72. The van der Waals surface area contributed by atoms with Crippen molar-refractivity contribution >= 4 is 17.6 Å². The molecule has 0 bridgehead atoms. The number of rotatable bonds is 2. The third-order valence-electron chi connectivity index (χ3n) is 3.62. The van der Waals surface area contributed by atoms with E-state index in [1.807, 2.05) is 0 Å². The van der Waals surface area contributed by atoms with E-state index in [4.69, 9.17) is 9.26 Å². The second-order valence-corrected chi connectivity index (χ2v) is 5.48. The molecule has 8 heteroatoms. The zero-order valence-electron chi connectivity index (χ0n) is 13.0. The van der Waals surface area contributed by atoms with Crippen molar-refractivity contribution < 1.29 is 23.2 Å². The predicted octanol–water partition coefficient (Wildman–Crippen LogP) is 2.09. The van der Waals surface area contributed by atoms with E-state index in [0.29, 0.717) is 36.5 Å². The van der Waals surface area contributed by atoms with Crippen LogP contribution in [0.25, 0.3) is 0 Å². The largest absolute Gasteiger partial charge is 0.493 e. The van der Waals surface area contributed by atoms with E-state index in [-0.39, 0.29) is 5.82 Å². The highest BCUT2D eigenvalue weighted by Gasteiger charge is 2.25. The van der Waals surface area contributed by atoms with Gasteiger partial charge in [0.15, 0.2) is 5.82 Å². The van der Waals surface area contributed by atoms with Gasteiger partial charge in [-0.1, -0.05) is 5.16 Å². The molecular formula is C16H16FN3O4. The molecule has 7 nitrogen and oxygen atoms in total. The van der Waals surface area contributed by atoms with Gasteiger partial charge in [-0.2, -0.15) is 0 Å². The molecule has 0 spiro atoms. The summed E-state index contributed by atoms with van der Waals surface area (Å²) in [5.74, 6) is -0.962. The average molecular weight is 333 g/mol. The van der Waals surface area contributed by atoms with Crippen LogP contribution in [0, 0.1) is 12.7 Å². The van der Waals surface area contributed by atoms with Crippen molar-refractivity contribution in [1.82, 2.24) is 10.5 Å². The smallest absolute Gasteiger partial charge is 0.314 e. The van der Waals surface area contributed by atoms with Crippen molar-refractivity contribution in [2.45, 2.75) is 25.8 Å². The van der Waals surface area contributed by atoms with Gasteiger partial charge in [0.05, 0.1) is 12.6 Å². The van der Waals surface area contributed by atoms with Crippen LogP contribution in [-0.2, 0) is 9.59 Å². The number of hydrogen-bond acceptors (Lipinski definition) is 5. The maximum Gasteiger partial charge on any atom is 0.314 e. The number of ether oxygens (including phenoxy) is 1. The van der Waals surface area contributed by atoms with Crippen LogP contribution in [0.3, 0.4) is 0 Å². The van der Waals surface area contributed by atoms with E-state index in [0.717, 1.165) is 0 Å². The van der Waals surface area contributed by atoms with Crippen LogP contribution in [0.15, 0.2) is 28.8 Å². The van der Waals surface area contributed by atoms with Crippen molar-refractivity contribution in [3.8, 4) is 5.75 Å². The number of anilines is 1. The fourth-order valence-electron chi connectivity index (χ4n) is 2.52. The average Bonchev–Trinajstić information content (AvgIpc) is 2.85. The lowest BCUT2D eigenvalue weighted by Crippen LogP contribution is -2.37. The van der Waals surface area contributed by atoms with Gasteiger partial charge in [0.1, 0.15) is 17.3 Å².